The molecule has 11 heteroatoms. The molecule has 1 aliphatic carbocycles. The van der Waals surface area contributed by atoms with E-state index in [1.165, 1.54) is 37.0 Å². The molecule has 1 aromatic heterocycles. The number of nitrogens with two attached hydrogens (primary N) is 1. The van der Waals surface area contributed by atoms with Crippen LogP contribution in [0.15, 0.2) is 36.7 Å². The molecule has 2 atom stereocenters. The van der Waals surface area contributed by atoms with Crippen LogP contribution in [0.5, 0.6) is 0 Å². The zero-order valence-corrected chi connectivity index (χ0v) is 17.3. The monoisotopic (exact) mass is 424 g/mol. The highest BCUT2D eigenvalue weighted by atomic mass is 19.1. The van der Waals surface area contributed by atoms with E-state index in [1.807, 2.05) is 7.98 Å². The topological polar surface area (TPSA) is 141 Å². The molecular formula is C20H26BFN8O. The number of benzene rings is 1. The molecule has 1 amide bonds. The number of allylic oxidation sites excluding steroid dienone is 1. The number of hydrogen-bond donors (Lipinski definition) is 6. The Hall–Kier alpha value is -3.47. The molecule has 9 nitrogen and oxygen atoms in total. The van der Waals surface area contributed by atoms with Gasteiger partial charge in [0.1, 0.15) is 17.2 Å². The van der Waals surface area contributed by atoms with Gasteiger partial charge in [0, 0.05) is 36.4 Å². The number of carbonyl (C=O) groups is 1. The van der Waals surface area contributed by atoms with Crippen LogP contribution < -0.4 is 26.9 Å². The fourth-order valence-corrected chi connectivity index (χ4v) is 3.57. The quantitative estimate of drug-likeness (QED) is 0.267. The van der Waals surface area contributed by atoms with E-state index in [0.717, 1.165) is 25.5 Å². The van der Waals surface area contributed by atoms with Gasteiger partial charge in [0.15, 0.2) is 7.98 Å². The van der Waals surface area contributed by atoms with Crippen molar-refractivity contribution < 1.29 is 9.18 Å². The Balaban J connectivity index is 1.81. The highest BCUT2D eigenvalue weighted by Crippen LogP contribution is 2.25. The average molecular weight is 424 g/mol. The molecule has 31 heavy (non-hydrogen) atoms. The normalized spacial score (nSPS) is 18.5. The summed E-state index contributed by atoms with van der Waals surface area (Å²) in [6.07, 6.45) is 9.68. The molecule has 1 fully saturated rings. The molecule has 0 radical (unpaired) electrons. The van der Waals surface area contributed by atoms with Gasteiger partial charge in [-0.1, -0.05) is 12.8 Å². The molecule has 0 saturated heterocycles. The summed E-state index contributed by atoms with van der Waals surface area (Å²) in [5.41, 5.74) is 6.23. The maximum Gasteiger partial charge on any atom is 0.254 e. The van der Waals surface area contributed by atoms with Crippen molar-refractivity contribution in [3.05, 3.63) is 48.1 Å². The standard InChI is InChI=1S/C20H26BFN8O/c21-30-17-5-2-1-4-16(17)28-20-26-11-13(18(24)31)19(29-20)27-12-6-7-15(14(22)10-12)25-9-3-8-23/h3,6-11,16-17,23,25,30H,1-2,4-5,21H2,(H2,24,31)(H2,26,27,28,29)/b9-3-,23-8?/t16-,17+/m1/s1. The minimum atomic E-state index is -0.685. The predicted octanol–water partition coefficient (Wildman–Crippen LogP) is 1.89. The van der Waals surface area contributed by atoms with Crippen LogP contribution in [0.1, 0.15) is 36.0 Å². The summed E-state index contributed by atoms with van der Waals surface area (Å²) in [4.78, 5) is 20.5. The summed E-state index contributed by atoms with van der Waals surface area (Å²) in [7, 11) is 1.93. The van der Waals surface area contributed by atoms with Crippen molar-refractivity contribution >= 4 is 43.2 Å². The number of amides is 1. The molecule has 1 aliphatic rings. The van der Waals surface area contributed by atoms with E-state index in [0.29, 0.717) is 17.7 Å². The summed E-state index contributed by atoms with van der Waals surface area (Å²) < 4.78 is 14.4. The van der Waals surface area contributed by atoms with Gasteiger partial charge in [-0.3, -0.25) is 4.79 Å². The van der Waals surface area contributed by atoms with Gasteiger partial charge in [0.05, 0.1) is 5.69 Å². The maximum absolute atomic E-state index is 14.4. The first-order valence-corrected chi connectivity index (χ1v) is 10.1. The maximum atomic E-state index is 14.4. The van der Waals surface area contributed by atoms with Gasteiger partial charge in [-0.15, -0.1) is 0 Å². The molecule has 2 aromatic rings. The fourth-order valence-electron chi connectivity index (χ4n) is 3.57. The first kappa shape index (κ1) is 22.2. The lowest BCUT2D eigenvalue weighted by molar-refractivity contribution is 0.100. The Morgan fingerprint density at radius 1 is 1.29 bits per heavy atom. The molecule has 0 aliphatic heterocycles. The Morgan fingerprint density at radius 2 is 2.06 bits per heavy atom. The van der Waals surface area contributed by atoms with Gasteiger partial charge in [0.2, 0.25) is 5.95 Å². The van der Waals surface area contributed by atoms with Gasteiger partial charge < -0.3 is 32.3 Å². The van der Waals surface area contributed by atoms with E-state index < -0.39 is 11.7 Å². The Bertz CT molecular complexity index is 970. The summed E-state index contributed by atoms with van der Waals surface area (Å²) in [6, 6.07) is 4.93. The van der Waals surface area contributed by atoms with Crippen LogP contribution in [-0.2, 0) is 0 Å². The second-order valence-corrected chi connectivity index (χ2v) is 7.24. The van der Waals surface area contributed by atoms with Crippen molar-refractivity contribution in [3.8, 4) is 0 Å². The Labute approximate surface area is 181 Å². The number of rotatable bonds is 9. The first-order valence-electron chi connectivity index (χ1n) is 10.1. The molecular weight excluding hydrogens is 398 g/mol. The van der Waals surface area contributed by atoms with Crippen molar-refractivity contribution in [2.24, 2.45) is 5.73 Å². The average Bonchev–Trinajstić information content (AvgIpc) is 2.76. The van der Waals surface area contributed by atoms with Crippen molar-refractivity contribution in [2.45, 2.75) is 37.8 Å². The van der Waals surface area contributed by atoms with Gasteiger partial charge >= 0.3 is 0 Å². The van der Waals surface area contributed by atoms with Gasteiger partial charge in [-0.25, -0.2) is 9.37 Å². The van der Waals surface area contributed by atoms with Crippen LogP contribution in [0.2, 0.25) is 0 Å². The van der Waals surface area contributed by atoms with E-state index in [2.05, 4.69) is 31.1 Å². The molecule has 1 heterocycles. The smallest absolute Gasteiger partial charge is 0.254 e. The van der Waals surface area contributed by atoms with Crippen molar-refractivity contribution in [3.63, 3.8) is 0 Å². The number of hydrogen-bond acceptors (Lipinski definition) is 8. The lowest BCUT2D eigenvalue weighted by atomic mass is 9.89. The first-order chi connectivity index (χ1) is 15.0. The lowest BCUT2D eigenvalue weighted by Gasteiger charge is -2.32. The second-order valence-electron chi connectivity index (χ2n) is 7.24. The molecule has 7 N–H and O–H groups in total. The third-order valence-corrected chi connectivity index (χ3v) is 5.17. The number of anilines is 4. The summed E-state index contributed by atoms with van der Waals surface area (Å²) in [5, 5.41) is 19.3. The zero-order chi connectivity index (χ0) is 22.2. The van der Waals surface area contributed by atoms with Crippen molar-refractivity contribution in [1.82, 2.24) is 15.2 Å². The second kappa shape index (κ2) is 10.5. The van der Waals surface area contributed by atoms with Gasteiger partial charge in [-0.05, 0) is 37.1 Å². The summed E-state index contributed by atoms with van der Waals surface area (Å²) >= 11 is 0. The minimum Gasteiger partial charge on any atom is -0.365 e. The van der Waals surface area contributed by atoms with Crippen LogP contribution in [-0.4, -0.2) is 42.2 Å². The molecule has 1 aromatic carbocycles. The highest BCUT2D eigenvalue weighted by Gasteiger charge is 2.24. The molecule has 0 unspecified atom stereocenters. The number of aromatic nitrogens is 2. The Morgan fingerprint density at radius 3 is 2.74 bits per heavy atom. The van der Waals surface area contributed by atoms with E-state index >= 15 is 0 Å². The van der Waals surface area contributed by atoms with Crippen LogP contribution in [0.25, 0.3) is 0 Å². The molecule has 0 spiro atoms. The zero-order valence-electron chi connectivity index (χ0n) is 17.3. The highest BCUT2D eigenvalue weighted by molar-refractivity contribution is 6.04. The van der Waals surface area contributed by atoms with Gasteiger partial charge in [0.25, 0.3) is 5.91 Å². The van der Waals surface area contributed by atoms with E-state index in [1.54, 1.807) is 6.07 Å². The van der Waals surface area contributed by atoms with Crippen LogP contribution in [0.3, 0.4) is 0 Å². The number of halogens is 1. The molecule has 0 bridgehead atoms. The SMILES string of the molecule is BN[C@H]1CCCC[C@H]1Nc1ncc(C(N)=O)c(Nc2ccc(N/C=C\C=N)c(F)c2)n1. The van der Waals surface area contributed by atoms with E-state index in [-0.39, 0.29) is 23.1 Å². The van der Waals surface area contributed by atoms with Crippen molar-refractivity contribution in [2.75, 3.05) is 16.0 Å². The predicted molar refractivity (Wildman–Crippen MR) is 123 cm³/mol. The van der Waals surface area contributed by atoms with E-state index in [9.17, 15) is 9.18 Å². The fraction of sp³-hybridized carbons (Fsp3) is 0.300. The van der Waals surface area contributed by atoms with Gasteiger partial charge in [-0.2, -0.15) is 4.98 Å². The van der Waals surface area contributed by atoms with E-state index in [4.69, 9.17) is 11.1 Å². The number of primary amides is 1. The van der Waals surface area contributed by atoms with Crippen molar-refractivity contribution in [1.29, 1.82) is 5.41 Å². The lowest BCUT2D eigenvalue weighted by Crippen LogP contribution is -2.45. The third-order valence-electron chi connectivity index (χ3n) is 5.17. The molecule has 1 saturated carbocycles. The molecule has 162 valence electrons. The summed E-state index contributed by atoms with van der Waals surface area (Å²) in [6.45, 7) is 0. The number of carbonyl (C=O) groups excluding carboxylic acids is 1. The third kappa shape index (κ3) is 5.79. The van der Waals surface area contributed by atoms with Crippen LogP contribution in [0, 0.1) is 11.2 Å². The largest absolute Gasteiger partial charge is 0.365 e. The summed E-state index contributed by atoms with van der Waals surface area (Å²) in [5.74, 6) is -0.622. The van der Waals surface area contributed by atoms with Crippen LogP contribution >= 0.6 is 0 Å². The molecule has 3 rings (SSSR count). The Kier molecular flexibility index (Phi) is 7.55. The number of nitrogens with zero attached hydrogens (tertiary/aromatic N) is 2. The minimum absolute atomic E-state index is 0.107. The number of nitrogens with one attached hydrogen (secondary N) is 5. The van der Waals surface area contributed by atoms with Crippen LogP contribution in [0.4, 0.5) is 27.5 Å².